The number of hydrogen-bond acceptors (Lipinski definition) is 7. The van der Waals surface area contributed by atoms with Gasteiger partial charge in [-0.3, -0.25) is 4.79 Å². The van der Waals surface area contributed by atoms with Crippen LogP contribution in [0.2, 0.25) is 5.02 Å². The van der Waals surface area contributed by atoms with Gasteiger partial charge in [0.05, 0.1) is 18.8 Å². The molecule has 2 heterocycles. The predicted molar refractivity (Wildman–Crippen MR) is 158 cm³/mol. The molecule has 1 aromatic heterocycles. The number of rotatable bonds is 10. The summed E-state index contributed by atoms with van der Waals surface area (Å²) in [6.45, 7) is 6.31. The molecule has 0 N–H and O–H groups in total. The van der Waals surface area contributed by atoms with Crippen molar-refractivity contribution in [2.75, 3.05) is 49.1 Å². The summed E-state index contributed by atoms with van der Waals surface area (Å²) in [4.78, 5) is 24.6. The molecule has 1 aliphatic heterocycles. The number of nitrogens with zero attached hydrogens (tertiary/aromatic N) is 5. The van der Waals surface area contributed by atoms with Crippen molar-refractivity contribution in [3.05, 3.63) is 101 Å². The number of amides is 1. The molecule has 0 aliphatic carbocycles. The number of halogens is 1. The number of carbonyl (C=O) groups excluding carboxylic acids is 1. The van der Waals surface area contributed by atoms with Crippen LogP contribution < -0.4 is 14.5 Å². The number of benzene rings is 3. The summed E-state index contributed by atoms with van der Waals surface area (Å²) >= 11 is 7.37. The summed E-state index contributed by atoms with van der Waals surface area (Å²) in [6.07, 6.45) is 0.617. The van der Waals surface area contributed by atoms with E-state index in [1.165, 1.54) is 11.5 Å². The third kappa shape index (κ3) is 7.07. The highest BCUT2D eigenvalue weighted by Crippen LogP contribution is 2.29. The van der Waals surface area contributed by atoms with E-state index in [0.29, 0.717) is 37.7 Å². The van der Waals surface area contributed by atoms with Gasteiger partial charge in [-0.15, -0.1) is 0 Å². The molecule has 1 fully saturated rings. The molecule has 7 nitrogen and oxygen atoms in total. The number of anilines is 2. The molecular weight excluding hydrogens is 530 g/mol. The maximum absolute atomic E-state index is 13.5. The molecule has 1 aliphatic rings. The maximum Gasteiger partial charge on any atom is 0.242 e. The van der Waals surface area contributed by atoms with Gasteiger partial charge in [0.15, 0.2) is 0 Å². The summed E-state index contributed by atoms with van der Waals surface area (Å²) < 4.78 is 10.4. The van der Waals surface area contributed by atoms with Crippen LogP contribution >= 0.6 is 23.1 Å². The van der Waals surface area contributed by atoms with Gasteiger partial charge in [-0.25, -0.2) is 4.98 Å². The Hall–Kier alpha value is -3.62. The molecule has 9 heteroatoms. The minimum absolute atomic E-state index is 0.0955. The van der Waals surface area contributed by atoms with Crippen molar-refractivity contribution >= 4 is 39.9 Å². The Bertz CT molecular complexity index is 1360. The topological polar surface area (TPSA) is 61.8 Å². The molecule has 202 valence electrons. The van der Waals surface area contributed by atoms with Crippen molar-refractivity contribution in [3.63, 3.8) is 0 Å². The molecule has 39 heavy (non-hydrogen) atoms. The zero-order chi connectivity index (χ0) is 27.0. The van der Waals surface area contributed by atoms with Crippen molar-refractivity contribution in [1.29, 1.82) is 0 Å². The predicted octanol–water partition coefficient (Wildman–Crippen LogP) is 5.54. The number of hydrogen-bond donors (Lipinski definition) is 0. The molecule has 0 saturated carbocycles. The maximum atomic E-state index is 13.5. The van der Waals surface area contributed by atoms with Gasteiger partial charge in [-0.1, -0.05) is 66.2 Å². The van der Waals surface area contributed by atoms with E-state index >= 15 is 0 Å². The van der Waals surface area contributed by atoms with Crippen LogP contribution in [-0.2, 0) is 17.8 Å². The third-order valence-corrected chi connectivity index (χ3v) is 7.75. The molecule has 0 radical (unpaired) electrons. The summed E-state index contributed by atoms with van der Waals surface area (Å²) in [5, 5.41) is 1.46. The fourth-order valence-corrected chi connectivity index (χ4v) is 5.49. The second kappa shape index (κ2) is 13.0. The van der Waals surface area contributed by atoms with Gasteiger partial charge in [0, 0.05) is 55.7 Å². The van der Waals surface area contributed by atoms with Gasteiger partial charge >= 0.3 is 0 Å². The Balaban J connectivity index is 1.26. The van der Waals surface area contributed by atoms with Crippen molar-refractivity contribution in [3.8, 4) is 5.75 Å². The van der Waals surface area contributed by atoms with Crippen LogP contribution in [0.3, 0.4) is 0 Å². The Morgan fingerprint density at radius 3 is 2.41 bits per heavy atom. The number of carbonyl (C=O) groups is 1. The highest BCUT2D eigenvalue weighted by Gasteiger charge is 2.25. The molecule has 1 saturated heterocycles. The lowest BCUT2D eigenvalue weighted by molar-refractivity contribution is -0.130. The summed E-state index contributed by atoms with van der Waals surface area (Å²) in [6, 6.07) is 26.0. The number of para-hydroxylation sites is 2. The van der Waals surface area contributed by atoms with Gasteiger partial charge in [0.25, 0.3) is 0 Å². The first-order valence-corrected chi connectivity index (χ1v) is 14.3. The first-order valence-electron chi connectivity index (χ1n) is 13.2. The van der Waals surface area contributed by atoms with Gasteiger partial charge in [0.1, 0.15) is 11.6 Å². The monoisotopic (exact) mass is 561 g/mol. The first-order chi connectivity index (χ1) is 19.1. The minimum atomic E-state index is 0.0955. The molecular formula is C30H32ClN5O2S. The molecule has 3 aromatic carbocycles. The molecule has 5 rings (SSSR count). The lowest BCUT2D eigenvalue weighted by Gasteiger charge is -2.37. The van der Waals surface area contributed by atoms with E-state index in [1.807, 2.05) is 77.4 Å². The van der Waals surface area contributed by atoms with E-state index in [2.05, 4.69) is 27.5 Å². The van der Waals surface area contributed by atoms with Crippen LogP contribution in [0.15, 0.2) is 78.9 Å². The van der Waals surface area contributed by atoms with Crippen LogP contribution in [0.25, 0.3) is 0 Å². The Morgan fingerprint density at radius 1 is 0.949 bits per heavy atom. The van der Waals surface area contributed by atoms with E-state index < -0.39 is 0 Å². The Kier molecular flexibility index (Phi) is 8.96. The third-order valence-electron chi connectivity index (χ3n) is 6.68. The number of ether oxygens (including phenoxy) is 1. The Morgan fingerprint density at radius 2 is 1.67 bits per heavy atom. The van der Waals surface area contributed by atoms with Crippen LogP contribution in [0.5, 0.6) is 5.75 Å². The van der Waals surface area contributed by atoms with E-state index in [0.717, 1.165) is 46.6 Å². The van der Waals surface area contributed by atoms with Crippen LogP contribution in [0, 0.1) is 0 Å². The molecule has 4 aromatic rings. The molecule has 0 bridgehead atoms. The second-order valence-electron chi connectivity index (χ2n) is 9.41. The fraction of sp³-hybridized carbons (Fsp3) is 0.300. The average Bonchev–Trinajstić information content (AvgIpc) is 3.43. The summed E-state index contributed by atoms with van der Waals surface area (Å²) in [5.41, 5.74) is 3.30. The Labute approximate surface area is 238 Å². The average molecular weight is 562 g/mol. The smallest absolute Gasteiger partial charge is 0.242 e. The first kappa shape index (κ1) is 27.0. The molecule has 0 atom stereocenters. The largest absolute Gasteiger partial charge is 0.492 e. The van der Waals surface area contributed by atoms with Gasteiger partial charge in [0.2, 0.25) is 11.0 Å². The van der Waals surface area contributed by atoms with Crippen LogP contribution in [0.1, 0.15) is 23.9 Å². The van der Waals surface area contributed by atoms with E-state index in [4.69, 9.17) is 21.3 Å². The summed E-state index contributed by atoms with van der Waals surface area (Å²) in [5.74, 6) is 1.72. The van der Waals surface area contributed by atoms with Crippen molar-refractivity contribution in [1.82, 2.24) is 14.3 Å². The fourth-order valence-electron chi connectivity index (χ4n) is 4.68. The minimum Gasteiger partial charge on any atom is -0.492 e. The molecule has 1 amide bonds. The number of piperazine rings is 1. The lowest BCUT2D eigenvalue weighted by Crippen LogP contribution is -2.51. The normalized spacial score (nSPS) is 13.4. The zero-order valence-electron chi connectivity index (χ0n) is 22.0. The van der Waals surface area contributed by atoms with Gasteiger partial charge in [-0.2, -0.15) is 4.37 Å². The SMILES string of the molecule is CCOc1ccccc1N1CCN(C(=O)CN(Cc2ccccc2)c2nc(Cc3ccc(Cl)cc3)ns2)CC1. The van der Waals surface area contributed by atoms with Gasteiger partial charge < -0.3 is 19.4 Å². The molecule has 0 spiro atoms. The van der Waals surface area contributed by atoms with Crippen LogP contribution in [0.4, 0.5) is 10.8 Å². The standard InChI is InChI=1S/C30H32ClN5O2S/c1-2-38-27-11-7-6-10-26(27)34-16-18-35(19-17-34)29(37)22-36(21-24-8-4-3-5-9-24)30-32-28(33-39-30)20-23-12-14-25(31)15-13-23/h3-15H,2,16-22H2,1H3. The van der Waals surface area contributed by atoms with Gasteiger partial charge in [-0.05, 0) is 42.3 Å². The second-order valence-corrected chi connectivity index (χ2v) is 10.6. The zero-order valence-corrected chi connectivity index (χ0v) is 23.6. The van der Waals surface area contributed by atoms with Crippen LogP contribution in [-0.4, -0.2) is 59.5 Å². The van der Waals surface area contributed by atoms with E-state index in [9.17, 15) is 4.79 Å². The lowest BCUT2D eigenvalue weighted by atomic mass is 10.1. The highest BCUT2D eigenvalue weighted by atomic mass is 35.5. The van der Waals surface area contributed by atoms with E-state index in [-0.39, 0.29) is 12.5 Å². The van der Waals surface area contributed by atoms with Crippen molar-refractivity contribution in [2.24, 2.45) is 0 Å². The highest BCUT2D eigenvalue weighted by molar-refractivity contribution is 7.09. The van der Waals surface area contributed by atoms with Crippen molar-refractivity contribution < 1.29 is 9.53 Å². The number of aromatic nitrogens is 2. The summed E-state index contributed by atoms with van der Waals surface area (Å²) in [7, 11) is 0. The van der Waals surface area contributed by atoms with E-state index in [1.54, 1.807) is 0 Å². The molecule has 0 unspecified atom stereocenters. The van der Waals surface area contributed by atoms with Crippen molar-refractivity contribution in [2.45, 2.75) is 19.9 Å². The quantitative estimate of drug-likeness (QED) is 0.253.